The molecule has 9 heteroatoms. The highest BCUT2D eigenvalue weighted by Crippen LogP contribution is 2.32. The average Bonchev–Trinajstić information content (AvgIpc) is 2.61. The molecule has 0 unspecified atom stereocenters. The Hall–Kier alpha value is -3.39. The number of hydrogen-bond donors (Lipinski definition) is 3. The summed E-state index contributed by atoms with van der Waals surface area (Å²) in [5.41, 5.74) is 0.955. The van der Waals surface area contributed by atoms with Gasteiger partial charge in [0.15, 0.2) is 0 Å². The Balaban J connectivity index is 1.93. The maximum absolute atomic E-state index is 12.9. The number of non-ortho nitro benzene ring substituents is 1. The zero-order valence-electron chi connectivity index (χ0n) is 13.9. The number of nitrogens with one attached hydrogen (secondary N) is 3. The fourth-order valence-corrected chi connectivity index (χ4v) is 3.08. The van der Waals surface area contributed by atoms with Gasteiger partial charge in [-0.1, -0.05) is 36.4 Å². The van der Waals surface area contributed by atoms with Crippen LogP contribution in [0.1, 0.15) is 11.6 Å². The molecule has 0 spiro atoms. The molecule has 0 bridgehead atoms. The van der Waals surface area contributed by atoms with Crippen molar-refractivity contribution in [1.29, 1.82) is 0 Å². The fraction of sp³-hybridized carbons (Fsp3) is 0.111. The number of carbonyl (C=O) groups excluding carboxylic acids is 2. The van der Waals surface area contributed by atoms with Crippen molar-refractivity contribution in [2.24, 2.45) is 5.92 Å². The summed E-state index contributed by atoms with van der Waals surface area (Å²) in [5.74, 6) is -1.32. The van der Waals surface area contributed by atoms with Gasteiger partial charge in [0.25, 0.3) is 5.69 Å². The van der Waals surface area contributed by atoms with Crippen molar-refractivity contribution in [2.45, 2.75) is 6.04 Å². The Kier molecular flexibility index (Phi) is 5.09. The van der Waals surface area contributed by atoms with Crippen LogP contribution in [0.15, 0.2) is 60.8 Å². The maximum atomic E-state index is 12.9. The topological polar surface area (TPSA) is 113 Å². The van der Waals surface area contributed by atoms with Crippen LogP contribution in [0.25, 0.3) is 0 Å². The third-order valence-corrected chi connectivity index (χ3v) is 4.32. The quantitative estimate of drug-likeness (QED) is 0.552. The second kappa shape index (κ2) is 7.46. The van der Waals surface area contributed by atoms with E-state index in [1.54, 1.807) is 30.3 Å². The molecule has 1 saturated heterocycles. The van der Waals surface area contributed by atoms with Crippen LogP contribution in [0.2, 0.25) is 5.02 Å². The van der Waals surface area contributed by atoms with Gasteiger partial charge >= 0.3 is 6.03 Å². The van der Waals surface area contributed by atoms with Crippen LogP contribution in [0, 0.1) is 16.0 Å². The number of carbonyl (C=O) groups is 2. The Morgan fingerprint density at radius 1 is 1.22 bits per heavy atom. The highest BCUT2D eigenvalue weighted by atomic mass is 35.5. The van der Waals surface area contributed by atoms with Gasteiger partial charge in [-0.3, -0.25) is 14.9 Å². The molecule has 3 amide bonds. The first kappa shape index (κ1) is 18.4. The largest absolute Gasteiger partial charge is 0.330 e. The van der Waals surface area contributed by atoms with E-state index >= 15 is 0 Å². The van der Waals surface area contributed by atoms with Gasteiger partial charge in [-0.25, -0.2) is 4.79 Å². The minimum atomic E-state index is -0.885. The van der Waals surface area contributed by atoms with Crippen molar-refractivity contribution in [1.82, 2.24) is 10.6 Å². The lowest BCUT2D eigenvalue weighted by atomic mass is 9.88. The van der Waals surface area contributed by atoms with E-state index in [-0.39, 0.29) is 11.4 Å². The molecule has 0 radical (unpaired) electrons. The van der Waals surface area contributed by atoms with E-state index in [1.165, 1.54) is 18.2 Å². The smallest absolute Gasteiger partial charge is 0.319 e. The Labute approximate surface area is 159 Å². The van der Waals surface area contributed by atoms with Gasteiger partial charge < -0.3 is 16.0 Å². The number of rotatable bonds is 4. The minimum absolute atomic E-state index is 0.139. The zero-order chi connectivity index (χ0) is 19.6. The highest BCUT2D eigenvalue weighted by molar-refractivity contribution is 6.30. The molecule has 27 heavy (non-hydrogen) atoms. The van der Waals surface area contributed by atoms with Crippen LogP contribution in [-0.2, 0) is 4.79 Å². The SMILES string of the molecule is C=C1NC(=O)N[C@@H](c2cccc([N+](=O)[O-])c2)[C@@H]1C(=O)Nc1cccc(Cl)c1. The number of halogens is 1. The molecule has 1 heterocycles. The molecule has 1 fully saturated rings. The summed E-state index contributed by atoms with van der Waals surface area (Å²) in [6.07, 6.45) is 0. The van der Waals surface area contributed by atoms with Gasteiger partial charge in [0.2, 0.25) is 5.91 Å². The predicted octanol–water partition coefficient (Wildman–Crippen LogP) is 3.37. The Bertz CT molecular complexity index is 946. The van der Waals surface area contributed by atoms with Crippen LogP contribution in [-0.4, -0.2) is 16.9 Å². The third-order valence-electron chi connectivity index (χ3n) is 4.08. The van der Waals surface area contributed by atoms with E-state index in [0.29, 0.717) is 16.3 Å². The van der Waals surface area contributed by atoms with Crippen molar-refractivity contribution in [3.8, 4) is 0 Å². The first-order valence-electron chi connectivity index (χ1n) is 7.92. The molecule has 0 aromatic heterocycles. The van der Waals surface area contributed by atoms with Crippen molar-refractivity contribution >= 4 is 34.9 Å². The van der Waals surface area contributed by atoms with Gasteiger partial charge in [-0.2, -0.15) is 0 Å². The number of urea groups is 1. The molecule has 3 N–H and O–H groups in total. The molecule has 0 aliphatic carbocycles. The van der Waals surface area contributed by atoms with Gasteiger partial charge in [-0.15, -0.1) is 0 Å². The number of nitro benzene ring substituents is 1. The standard InChI is InChI=1S/C18H15ClN4O4/c1-10-15(17(24)21-13-6-3-5-12(19)9-13)16(22-18(25)20-10)11-4-2-7-14(8-11)23(26)27/h2-9,15-16H,1H2,(H,21,24)(H2,20,22,25)/t15-,16+/m1/s1. The first-order valence-corrected chi connectivity index (χ1v) is 8.30. The monoisotopic (exact) mass is 386 g/mol. The second-order valence-corrected chi connectivity index (χ2v) is 6.37. The van der Waals surface area contributed by atoms with Gasteiger partial charge in [-0.05, 0) is 23.8 Å². The number of anilines is 1. The predicted molar refractivity (Wildman–Crippen MR) is 100 cm³/mol. The molecule has 138 valence electrons. The summed E-state index contributed by atoms with van der Waals surface area (Å²) in [6, 6.07) is 11.0. The van der Waals surface area contributed by atoms with Crippen LogP contribution in [0.4, 0.5) is 16.2 Å². The molecule has 2 atom stereocenters. The molecule has 2 aromatic rings. The maximum Gasteiger partial charge on any atom is 0.319 e. The molecule has 8 nitrogen and oxygen atoms in total. The molecule has 1 aliphatic rings. The first-order chi connectivity index (χ1) is 12.8. The van der Waals surface area contributed by atoms with Crippen molar-refractivity contribution in [3.63, 3.8) is 0 Å². The molecular weight excluding hydrogens is 372 g/mol. The lowest BCUT2D eigenvalue weighted by Gasteiger charge is -2.33. The van der Waals surface area contributed by atoms with Crippen LogP contribution in [0.3, 0.4) is 0 Å². The summed E-state index contributed by atoms with van der Waals surface area (Å²) in [5, 5.41) is 19.3. The second-order valence-electron chi connectivity index (χ2n) is 5.93. The van der Waals surface area contributed by atoms with E-state index < -0.39 is 28.8 Å². The fourth-order valence-electron chi connectivity index (χ4n) is 2.89. The minimum Gasteiger partial charge on any atom is -0.330 e. The van der Waals surface area contributed by atoms with Crippen LogP contribution in [0.5, 0.6) is 0 Å². The lowest BCUT2D eigenvalue weighted by molar-refractivity contribution is -0.384. The number of amides is 3. The van der Waals surface area contributed by atoms with Gasteiger partial charge in [0.05, 0.1) is 11.0 Å². The molecule has 2 aromatic carbocycles. The average molecular weight is 387 g/mol. The Morgan fingerprint density at radius 2 is 1.96 bits per heavy atom. The summed E-state index contributed by atoms with van der Waals surface area (Å²) in [6.45, 7) is 3.77. The van der Waals surface area contributed by atoms with Crippen molar-refractivity contribution in [2.75, 3.05) is 5.32 Å². The molecular formula is C18H15ClN4O4. The van der Waals surface area contributed by atoms with E-state index in [2.05, 4.69) is 22.5 Å². The zero-order valence-corrected chi connectivity index (χ0v) is 14.7. The van der Waals surface area contributed by atoms with E-state index in [9.17, 15) is 19.7 Å². The number of hydrogen-bond acceptors (Lipinski definition) is 4. The summed E-state index contributed by atoms with van der Waals surface area (Å²) >= 11 is 5.93. The lowest BCUT2D eigenvalue weighted by Crippen LogP contribution is -2.51. The summed E-state index contributed by atoms with van der Waals surface area (Å²) in [4.78, 5) is 35.2. The van der Waals surface area contributed by atoms with Gasteiger partial charge in [0.1, 0.15) is 5.92 Å². The number of nitro groups is 1. The molecule has 0 saturated carbocycles. The van der Waals surface area contributed by atoms with E-state index in [1.807, 2.05) is 0 Å². The highest BCUT2D eigenvalue weighted by Gasteiger charge is 2.38. The summed E-state index contributed by atoms with van der Waals surface area (Å²) < 4.78 is 0. The summed E-state index contributed by atoms with van der Waals surface area (Å²) in [7, 11) is 0. The normalized spacial score (nSPS) is 19.0. The van der Waals surface area contributed by atoms with Crippen LogP contribution >= 0.6 is 11.6 Å². The number of benzene rings is 2. The van der Waals surface area contributed by atoms with E-state index in [4.69, 9.17) is 11.6 Å². The number of nitrogens with zero attached hydrogens (tertiary/aromatic N) is 1. The third kappa shape index (κ3) is 4.06. The van der Waals surface area contributed by atoms with E-state index in [0.717, 1.165) is 0 Å². The van der Waals surface area contributed by atoms with Crippen molar-refractivity contribution in [3.05, 3.63) is 81.5 Å². The molecule has 1 aliphatic heterocycles. The Morgan fingerprint density at radius 3 is 2.67 bits per heavy atom. The molecule has 3 rings (SSSR count). The van der Waals surface area contributed by atoms with Crippen LogP contribution < -0.4 is 16.0 Å². The van der Waals surface area contributed by atoms with Crippen molar-refractivity contribution < 1.29 is 14.5 Å². The van der Waals surface area contributed by atoms with Gasteiger partial charge in [0, 0.05) is 28.5 Å².